The van der Waals surface area contributed by atoms with Crippen molar-refractivity contribution in [2.24, 2.45) is 0 Å². The van der Waals surface area contributed by atoms with Gasteiger partial charge in [-0.2, -0.15) is 0 Å². The predicted octanol–water partition coefficient (Wildman–Crippen LogP) is 11.3. The van der Waals surface area contributed by atoms with Gasteiger partial charge in [-0.15, -0.1) is 0 Å². The van der Waals surface area contributed by atoms with Crippen LogP contribution in [-0.2, 0) is 0 Å². The number of aromatic nitrogens is 3. The molecule has 0 spiro atoms. The van der Waals surface area contributed by atoms with Gasteiger partial charge in [-0.1, -0.05) is 146 Å². The lowest BCUT2D eigenvalue weighted by molar-refractivity contribution is 0.669. The van der Waals surface area contributed by atoms with E-state index in [0.29, 0.717) is 17.5 Å². The van der Waals surface area contributed by atoms with Crippen molar-refractivity contribution in [3.05, 3.63) is 164 Å². The molecule has 0 aliphatic carbocycles. The quantitative estimate of drug-likeness (QED) is 0.197. The molecule has 0 saturated carbocycles. The molecule has 0 saturated heterocycles. The Labute approximate surface area is 271 Å². The van der Waals surface area contributed by atoms with Gasteiger partial charge in [-0.05, 0) is 45.7 Å². The maximum Gasteiger partial charge on any atom is 0.164 e. The number of benzene rings is 7. The summed E-state index contributed by atoms with van der Waals surface area (Å²) >= 11 is 0. The first kappa shape index (κ1) is 27.0. The summed E-state index contributed by atoms with van der Waals surface area (Å²) in [6, 6.07) is 56.3. The van der Waals surface area contributed by atoms with Crippen molar-refractivity contribution >= 4 is 32.7 Å². The van der Waals surface area contributed by atoms with Crippen LogP contribution < -0.4 is 0 Å². The number of rotatable bonds is 5. The molecule has 0 unspecified atom stereocenters. The fourth-order valence-corrected chi connectivity index (χ4v) is 6.44. The highest BCUT2D eigenvalue weighted by Gasteiger charge is 2.18. The van der Waals surface area contributed by atoms with Crippen molar-refractivity contribution in [1.29, 1.82) is 0 Å². The van der Waals surface area contributed by atoms with E-state index in [2.05, 4.69) is 127 Å². The van der Waals surface area contributed by atoms with Gasteiger partial charge in [-0.25, -0.2) is 15.0 Å². The maximum absolute atomic E-state index is 6.60. The highest BCUT2D eigenvalue weighted by Crippen LogP contribution is 2.42. The van der Waals surface area contributed by atoms with E-state index in [1.54, 1.807) is 0 Å². The Morgan fingerprint density at radius 2 is 0.830 bits per heavy atom. The molecule has 9 rings (SSSR count). The Morgan fingerprint density at radius 3 is 1.51 bits per heavy atom. The van der Waals surface area contributed by atoms with E-state index in [1.165, 1.54) is 16.5 Å². The predicted molar refractivity (Wildman–Crippen MR) is 192 cm³/mol. The zero-order valence-electron chi connectivity index (χ0n) is 25.3. The highest BCUT2D eigenvalue weighted by atomic mass is 16.3. The van der Waals surface area contributed by atoms with Crippen molar-refractivity contribution in [3.63, 3.8) is 0 Å². The zero-order chi connectivity index (χ0) is 31.2. The van der Waals surface area contributed by atoms with Gasteiger partial charge in [0, 0.05) is 33.0 Å². The minimum Gasteiger partial charge on any atom is -0.456 e. The van der Waals surface area contributed by atoms with E-state index >= 15 is 0 Å². The van der Waals surface area contributed by atoms with Gasteiger partial charge in [-0.3, -0.25) is 0 Å². The van der Waals surface area contributed by atoms with Crippen molar-refractivity contribution in [3.8, 4) is 56.4 Å². The molecule has 4 nitrogen and oxygen atoms in total. The second-order valence-electron chi connectivity index (χ2n) is 11.6. The monoisotopic (exact) mass is 601 g/mol. The molecule has 0 fully saturated rings. The summed E-state index contributed by atoms with van der Waals surface area (Å²) in [5.41, 5.74) is 9.02. The SMILES string of the molecule is c1ccc(-c2ccc(-c3nc(-c4ccccc4)nc(-c4ccc5c(c4)oc4cc6ccccc6c(-c6ccccc6)c45)n3)cc2)cc1. The van der Waals surface area contributed by atoms with Crippen LogP contribution >= 0.6 is 0 Å². The van der Waals surface area contributed by atoms with Crippen LogP contribution in [0.2, 0.25) is 0 Å². The first-order valence-corrected chi connectivity index (χ1v) is 15.7. The van der Waals surface area contributed by atoms with E-state index < -0.39 is 0 Å². The molecule has 0 N–H and O–H groups in total. The van der Waals surface area contributed by atoms with Gasteiger partial charge in [0.05, 0.1) is 0 Å². The minimum absolute atomic E-state index is 0.594. The summed E-state index contributed by atoms with van der Waals surface area (Å²) in [6.45, 7) is 0. The van der Waals surface area contributed by atoms with E-state index in [0.717, 1.165) is 55.1 Å². The normalized spacial score (nSPS) is 11.4. The first-order valence-electron chi connectivity index (χ1n) is 15.7. The molecule has 7 aromatic carbocycles. The van der Waals surface area contributed by atoms with Gasteiger partial charge in [0.2, 0.25) is 0 Å². The average Bonchev–Trinajstić information content (AvgIpc) is 3.52. The standard InChI is InChI=1S/C43H27N3O/c1-4-12-28(13-5-1)29-20-22-32(23-21-29)42-44-41(31-16-8-3-9-17-31)45-43(46-42)34-24-25-36-37(27-34)47-38-26-33-18-10-11-19-35(33)39(40(36)38)30-14-6-2-7-15-30/h1-27H. The molecule has 0 atom stereocenters. The third-order valence-corrected chi connectivity index (χ3v) is 8.72. The minimum atomic E-state index is 0.594. The third-order valence-electron chi connectivity index (χ3n) is 8.72. The van der Waals surface area contributed by atoms with Crippen LogP contribution in [-0.4, -0.2) is 15.0 Å². The number of hydrogen-bond acceptors (Lipinski definition) is 4. The maximum atomic E-state index is 6.60. The lowest BCUT2D eigenvalue weighted by Crippen LogP contribution is -2.00. The summed E-state index contributed by atoms with van der Waals surface area (Å²) in [5, 5.41) is 4.51. The second kappa shape index (κ2) is 11.2. The molecule has 220 valence electrons. The summed E-state index contributed by atoms with van der Waals surface area (Å²) < 4.78 is 6.60. The molecule has 4 heteroatoms. The molecule has 0 aliphatic heterocycles. The Balaban J connectivity index is 1.21. The molecule has 0 bridgehead atoms. The Bertz CT molecular complexity index is 2540. The molecule has 2 aromatic heterocycles. The van der Waals surface area contributed by atoms with Gasteiger partial charge in [0.15, 0.2) is 17.5 Å². The van der Waals surface area contributed by atoms with Crippen molar-refractivity contribution in [2.75, 3.05) is 0 Å². The van der Waals surface area contributed by atoms with Gasteiger partial charge in [0.1, 0.15) is 11.2 Å². The number of hydrogen-bond donors (Lipinski definition) is 0. The topological polar surface area (TPSA) is 51.8 Å². The van der Waals surface area contributed by atoms with Crippen LogP contribution in [0, 0.1) is 0 Å². The number of furan rings is 1. The van der Waals surface area contributed by atoms with Gasteiger partial charge >= 0.3 is 0 Å². The van der Waals surface area contributed by atoms with E-state index in [-0.39, 0.29) is 0 Å². The van der Waals surface area contributed by atoms with Crippen LogP contribution in [0.1, 0.15) is 0 Å². The second-order valence-corrected chi connectivity index (χ2v) is 11.6. The van der Waals surface area contributed by atoms with E-state index in [4.69, 9.17) is 19.4 Å². The highest BCUT2D eigenvalue weighted by molar-refractivity contribution is 6.20. The molecule has 0 amide bonds. The summed E-state index contributed by atoms with van der Waals surface area (Å²) in [6.07, 6.45) is 0. The lowest BCUT2D eigenvalue weighted by Gasteiger charge is -2.10. The fourth-order valence-electron chi connectivity index (χ4n) is 6.44. The van der Waals surface area contributed by atoms with Crippen LogP contribution in [0.5, 0.6) is 0 Å². The van der Waals surface area contributed by atoms with Crippen molar-refractivity contribution in [1.82, 2.24) is 15.0 Å². The van der Waals surface area contributed by atoms with Crippen molar-refractivity contribution < 1.29 is 4.42 Å². The lowest BCUT2D eigenvalue weighted by atomic mass is 9.93. The fraction of sp³-hybridized carbons (Fsp3) is 0. The van der Waals surface area contributed by atoms with Crippen LogP contribution in [0.3, 0.4) is 0 Å². The third kappa shape index (κ3) is 4.84. The Kier molecular flexibility index (Phi) is 6.43. The molecule has 2 heterocycles. The first-order chi connectivity index (χ1) is 23.3. The smallest absolute Gasteiger partial charge is 0.164 e. The molecular weight excluding hydrogens is 574 g/mol. The molecular formula is C43H27N3O. The van der Waals surface area contributed by atoms with Crippen molar-refractivity contribution in [2.45, 2.75) is 0 Å². The van der Waals surface area contributed by atoms with Crippen LogP contribution in [0.15, 0.2) is 168 Å². The zero-order valence-corrected chi connectivity index (χ0v) is 25.3. The molecule has 47 heavy (non-hydrogen) atoms. The van der Waals surface area contributed by atoms with Gasteiger partial charge < -0.3 is 4.42 Å². The van der Waals surface area contributed by atoms with Gasteiger partial charge in [0.25, 0.3) is 0 Å². The van der Waals surface area contributed by atoms with E-state index in [9.17, 15) is 0 Å². The van der Waals surface area contributed by atoms with E-state index in [1.807, 2.05) is 36.4 Å². The molecule has 9 aromatic rings. The summed E-state index contributed by atoms with van der Waals surface area (Å²) in [4.78, 5) is 14.9. The Morgan fingerprint density at radius 1 is 0.340 bits per heavy atom. The van der Waals surface area contributed by atoms with Crippen LogP contribution in [0.4, 0.5) is 0 Å². The number of nitrogens with zero attached hydrogens (tertiary/aromatic N) is 3. The van der Waals surface area contributed by atoms with Crippen LogP contribution in [0.25, 0.3) is 89.1 Å². The largest absolute Gasteiger partial charge is 0.456 e. The summed E-state index contributed by atoms with van der Waals surface area (Å²) in [5.74, 6) is 1.84. The Hall–Kier alpha value is -6.39. The average molecular weight is 602 g/mol. The molecule has 0 aliphatic rings. The number of fused-ring (bicyclic) bond motifs is 4. The molecule has 0 radical (unpaired) electrons. The summed E-state index contributed by atoms with van der Waals surface area (Å²) in [7, 11) is 0.